The van der Waals surface area contributed by atoms with Gasteiger partial charge in [-0.2, -0.15) is 0 Å². The molecule has 2 fully saturated rings. The Bertz CT molecular complexity index is 1010. The number of nitrogens with one attached hydrogen (secondary N) is 1. The number of likely N-dealkylation sites (tertiary alicyclic amines) is 2. The first-order valence-electron chi connectivity index (χ1n) is 12.8. The van der Waals surface area contributed by atoms with Crippen LogP contribution in [0.5, 0.6) is 0 Å². The van der Waals surface area contributed by atoms with Crippen LogP contribution in [0, 0.1) is 6.92 Å². The number of aliphatic hydroxyl groups is 2. The first-order chi connectivity index (χ1) is 17.4. The Morgan fingerprint density at radius 2 is 1.73 bits per heavy atom. The summed E-state index contributed by atoms with van der Waals surface area (Å²) in [4.78, 5) is 55.6. The molecule has 2 heterocycles. The summed E-state index contributed by atoms with van der Waals surface area (Å²) < 4.78 is 0. The number of primary amides is 1. The maximum Gasteiger partial charge on any atom is 0.247 e. The van der Waals surface area contributed by atoms with Crippen LogP contribution in [0.4, 0.5) is 0 Å². The van der Waals surface area contributed by atoms with E-state index >= 15 is 0 Å². The second-order valence-electron chi connectivity index (χ2n) is 10.3. The lowest BCUT2D eigenvalue weighted by molar-refractivity contribution is -0.152. The van der Waals surface area contributed by atoms with Gasteiger partial charge in [0.2, 0.25) is 23.6 Å². The zero-order chi connectivity index (χ0) is 27.5. The third-order valence-corrected chi connectivity index (χ3v) is 7.50. The van der Waals surface area contributed by atoms with Gasteiger partial charge in [0.15, 0.2) is 0 Å². The molecule has 204 valence electrons. The van der Waals surface area contributed by atoms with Crippen molar-refractivity contribution in [1.82, 2.24) is 15.1 Å². The summed E-state index contributed by atoms with van der Waals surface area (Å²) >= 11 is 0. The molecule has 1 aromatic carbocycles. The SMILES string of the molecule is Cc1ccc(C[C@@]2(C(=O)NC(C(N)=O)[C@@H](C)O)CCCN2C(=O)[C@@H]2CCCN2C(=O)C(N)[C@@H](C)O)cc1. The molecule has 4 amide bonds. The average molecular weight is 518 g/mol. The number of hydrogen-bond donors (Lipinski definition) is 5. The predicted octanol–water partition coefficient (Wildman–Crippen LogP) is -1.05. The number of hydrogen-bond acceptors (Lipinski definition) is 7. The Labute approximate surface area is 217 Å². The molecule has 0 saturated carbocycles. The number of aliphatic hydroxyl groups excluding tert-OH is 2. The summed E-state index contributed by atoms with van der Waals surface area (Å²) in [5, 5.41) is 22.5. The standard InChI is InChI=1S/C26H39N5O6/c1-15-7-9-18(10-8-15)14-26(25(37)29-21(17(3)33)22(28)34)11-5-13-31(26)23(35)19-6-4-12-30(19)24(36)20(27)16(2)32/h7-10,16-17,19-21,32-33H,4-6,11-14,27H2,1-3H3,(H2,28,34)(H,29,37)/t16-,17-,19+,20?,21?,26-/m1/s1. The van der Waals surface area contributed by atoms with Crippen molar-refractivity contribution in [3.05, 3.63) is 35.4 Å². The number of rotatable bonds is 9. The van der Waals surface area contributed by atoms with Crippen molar-refractivity contribution in [3.63, 3.8) is 0 Å². The lowest BCUT2D eigenvalue weighted by Gasteiger charge is -2.41. The Kier molecular flexibility index (Phi) is 8.93. The number of amides is 4. The smallest absolute Gasteiger partial charge is 0.247 e. The molecule has 1 aromatic rings. The summed E-state index contributed by atoms with van der Waals surface area (Å²) in [6.45, 7) is 5.33. The van der Waals surface area contributed by atoms with Gasteiger partial charge in [0.25, 0.3) is 0 Å². The van der Waals surface area contributed by atoms with Crippen molar-refractivity contribution in [2.24, 2.45) is 11.5 Å². The molecule has 11 nitrogen and oxygen atoms in total. The van der Waals surface area contributed by atoms with Crippen LogP contribution in [-0.2, 0) is 25.6 Å². The van der Waals surface area contributed by atoms with Gasteiger partial charge in [0, 0.05) is 19.5 Å². The summed E-state index contributed by atoms with van der Waals surface area (Å²) in [5.41, 5.74) is 11.8. The van der Waals surface area contributed by atoms with Crippen LogP contribution in [0.3, 0.4) is 0 Å². The Balaban J connectivity index is 1.97. The van der Waals surface area contributed by atoms with E-state index in [2.05, 4.69) is 5.32 Å². The number of nitrogens with zero attached hydrogens (tertiary/aromatic N) is 2. The van der Waals surface area contributed by atoms with Crippen molar-refractivity contribution in [2.45, 2.75) is 88.7 Å². The largest absolute Gasteiger partial charge is 0.391 e. The molecule has 37 heavy (non-hydrogen) atoms. The van der Waals surface area contributed by atoms with Crippen molar-refractivity contribution in [3.8, 4) is 0 Å². The number of aryl methyl sites for hydroxylation is 1. The topological polar surface area (TPSA) is 179 Å². The molecule has 3 rings (SSSR count). The van der Waals surface area contributed by atoms with Crippen molar-refractivity contribution >= 4 is 23.6 Å². The highest BCUT2D eigenvalue weighted by atomic mass is 16.3. The summed E-state index contributed by atoms with van der Waals surface area (Å²) in [6, 6.07) is 4.31. The quantitative estimate of drug-likeness (QED) is 0.277. The van der Waals surface area contributed by atoms with Gasteiger partial charge in [-0.05, 0) is 52.0 Å². The van der Waals surface area contributed by atoms with E-state index < -0.39 is 53.6 Å². The zero-order valence-electron chi connectivity index (χ0n) is 21.7. The van der Waals surface area contributed by atoms with Crippen LogP contribution in [0.2, 0.25) is 0 Å². The molecule has 6 atom stereocenters. The van der Waals surface area contributed by atoms with Gasteiger partial charge in [-0.1, -0.05) is 29.8 Å². The molecule has 0 spiro atoms. The van der Waals surface area contributed by atoms with E-state index in [1.54, 1.807) is 0 Å². The highest BCUT2D eigenvalue weighted by Crippen LogP contribution is 2.36. The molecule has 0 bridgehead atoms. The molecule has 0 aliphatic carbocycles. The first-order valence-corrected chi connectivity index (χ1v) is 12.8. The van der Waals surface area contributed by atoms with Crippen molar-refractivity contribution in [1.29, 1.82) is 0 Å². The Morgan fingerprint density at radius 1 is 1.08 bits per heavy atom. The maximum atomic E-state index is 14.0. The number of carbonyl (C=O) groups excluding carboxylic acids is 4. The maximum absolute atomic E-state index is 14.0. The van der Waals surface area contributed by atoms with Crippen LogP contribution in [0.25, 0.3) is 0 Å². The highest BCUT2D eigenvalue weighted by molar-refractivity contribution is 5.98. The highest BCUT2D eigenvalue weighted by Gasteiger charge is 2.53. The van der Waals surface area contributed by atoms with E-state index in [4.69, 9.17) is 11.5 Å². The zero-order valence-corrected chi connectivity index (χ0v) is 21.7. The normalized spacial score (nSPS) is 24.9. The summed E-state index contributed by atoms with van der Waals surface area (Å²) in [7, 11) is 0. The van der Waals surface area contributed by atoms with Gasteiger partial charge in [-0.3, -0.25) is 19.2 Å². The molecule has 2 aliphatic rings. The molecular weight excluding hydrogens is 478 g/mol. The van der Waals surface area contributed by atoms with Gasteiger partial charge in [0.05, 0.1) is 12.2 Å². The minimum absolute atomic E-state index is 0.185. The fraction of sp³-hybridized carbons (Fsp3) is 0.615. The van der Waals surface area contributed by atoms with Crippen molar-refractivity contribution < 1.29 is 29.4 Å². The summed E-state index contributed by atoms with van der Waals surface area (Å²) in [5.74, 6) is -2.36. The number of carbonyl (C=O) groups is 4. The van der Waals surface area contributed by atoms with Gasteiger partial charge < -0.3 is 36.8 Å². The van der Waals surface area contributed by atoms with Gasteiger partial charge in [-0.15, -0.1) is 0 Å². The lowest BCUT2D eigenvalue weighted by Crippen LogP contribution is -2.65. The van der Waals surface area contributed by atoms with Crippen LogP contribution in [0.15, 0.2) is 24.3 Å². The third kappa shape index (κ3) is 5.94. The molecule has 2 unspecified atom stereocenters. The van der Waals surface area contributed by atoms with E-state index in [0.29, 0.717) is 32.2 Å². The Morgan fingerprint density at radius 3 is 2.30 bits per heavy atom. The second-order valence-corrected chi connectivity index (χ2v) is 10.3. The van der Waals surface area contributed by atoms with E-state index in [1.807, 2.05) is 31.2 Å². The number of nitrogens with two attached hydrogens (primary N) is 2. The molecule has 2 saturated heterocycles. The van der Waals surface area contributed by atoms with E-state index in [9.17, 15) is 29.4 Å². The van der Waals surface area contributed by atoms with Crippen LogP contribution < -0.4 is 16.8 Å². The molecule has 2 aliphatic heterocycles. The molecule has 11 heteroatoms. The van der Waals surface area contributed by atoms with Gasteiger partial charge in [-0.25, -0.2) is 0 Å². The average Bonchev–Trinajstić information content (AvgIpc) is 3.50. The minimum atomic E-state index is -1.35. The minimum Gasteiger partial charge on any atom is -0.391 e. The third-order valence-electron chi connectivity index (χ3n) is 7.50. The van der Waals surface area contributed by atoms with Crippen LogP contribution in [-0.4, -0.2) is 92.6 Å². The van der Waals surface area contributed by atoms with Gasteiger partial charge >= 0.3 is 0 Å². The first kappa shape index (κ1) is 28.5. The molecule has 0 radical (unpaired) electrons. The monoisotopic (exact) mass is 517 g/mol. The molecule has 7 N–H and O–H groups in total. The van der Waals surface area contributed by atoms with Crippen LogP contribution >= 0.6 is 0 Å². The fourth-order valence-corrected chi connectivity index (χ4v) is 5.31. The summed E-state index contributed by atoms with van der Waals surface area (Å²) in [6.07, 6.45) is -0.253. The second kappa shape index (κ2) is 11.6. The van der Waals surface area contributed by atoms with Crippen molar-refractivity contribution in [2.75, 3.05) is 13.1 Å². The predicted molar refractivity (Wildman–Crippen MR) is 136 cm³/mol. The van der Waals surface area contributed by atoms with E-state index in [1.165, 1.54) is 23.6 Å². The van der Waals surface area contributed by atoms with E-state index in [-0.39, 0.29) is 18.9 Å². The number of benzene rings is 1. The Hall–Kier alpha value is -3.02. The molecule has 0 aromatic heterocycles. The van der Waals surface area contributed by atoms with Crippen LogP contribution in [0.1, 0.15) is 50.7 Å². The van der Waals surface area contributed by atoms with E-state index in [0.717, 1.165) is 11.1 Å². The lowest BCUT2D eigenvalue weighted by atomic mass is 9.85. The van der Waals surface area contributed by atoms with Gasteiger partial charge in [0.1, 0.15) is 23.7 Å². The molecular formula is C26H39N5O6. The fourth-order valence-electron chi connectivity index (χ4n) is 5.31.